The minimum absolute atomic E-state index is 0.131. The molecule has 1 aliphatic carbocycles. The molecule has 2 rings (SSSR count). The lowest BCUT2D eigenvalue weighted by atomic mass is 10.1. The maximum Gasteiger partial charge on any atom is 0.223 e. The molecule has 0 saturated heterocycles. The van der Waals surface area contributed by atoms with Crippen LogP contribution in [-0.4, -0.2) is 12.5 Å². The quantitative estimate of drug-likeness (QED) is 0.780. The van der Waals surface area contributed by atoms with Crippen LogP contribution in [0.2, 0.25) is 5.02 Å². The topological polar surface area (TPSA) is 29.1 Å². The van der Waals surface area contributed by atoms with Crippen LogP contribution in [0.15, 0.2) is 24.3 Å². The number of halogens is 1. The Balaban J connectivity index is 1.80. The lowest BCUT2D eigenvalue weighted by Gasteiger charge is -2.05. The third-order valence-electron chi connectivity index (χ3n) is 3.51. The second-order valence-electron chi connectivity index (χ2n) is 4.97. The Morgan fingerprint density at radius 1 is 1.39 bits per heavy atom. The molecule has 0 radical (unpaired) electrons. The van der Waals surface area contributed by atoms with Crippen molar-refractivity contribution >= 4 is 17.5 Å². The van der Waals surface area contributed by atoms with Gasteiger partial charge in [0.05, 0.1) is 0 Å². The molecular weight excluding hydrogens is 246 g/mol. The van der Waals surface area contributed by atoms with Crippen molar-refractivity contribution in [3.63, 3.8) is 0 Å². The summed E-state index contributed by atoms with van der Waals surface area (Å²) in [7, 11) is 0. The molecule has 1 aromatic carbocycles. The summed E-state index contributed by atoms with van der Waals surface area (Å²) in [4.78, 5) is 11.9. The Kier molecular flexibility index (Phi) is 4.65. The first kappa shape index (κ1) is 13.4. The third-order valence-corrected chi connectivity index (χ3v) is 3.86. The van der Waals surface area contributed by atoms with Crippen molar-refractivity contribution in [1.82, 2.24) is 5.32 Å². The van der Waals surface area contributed by atoms with Crippen molar-refractivity contribution in [3.8, 4) is 0 Å². The molecule has 1 N–H and O–H groups in total. The molecule has 0 heterocycles. The first-order valence-corrected chi connectivity index (χ1v) is 7.14. The number of amides is 1. The van der Waals surface area contributed by atoms with E-state index in [1.807, 2.05) is 24.3 Å². The summed E-state index contributed by atoms with van der Waals surface area (Å²) in [5.41, 5.74) is 1.12. The minimum Gasteiger partial charge on any atom is -0.356 e. The third kappa shape index (κ3) is 3.26. The van der Waals surface area contributed by atoms with Gasteiger partial charge < -0.3 is 5.32 Å². The highest BCUT2D eigenvalue weighted by Crippen LogP contribution is 2.49. The summed E-state index contributed by atoms with van der Waals surface area (Å²) in [6.45, 7) is 2.97. The van der Waals surface area contributed by atoms with Crippen molar-refractivity contribution in [1.29, 1.82) is 0 Å². The van der Waals surface area contributed by atoms with E-state index in [4.69, 9.17) is 11.6 Å². The molecule has 2 nitrogen and oxygen atoms in total. The summed E-state index contributed by atoms with van der Waals surface area (Å²) in [6.07, 6.45) is 4.37. The fraction of sp³-hybridized carbons (Fsp3) is 0.533. The number of hydrogen-bond acceptors (Lipinski definition) is 1. The van der Waals surface area contributed by atoms with E-state index in [0.717, 1.165) is 30.0 Å². The standard InChI is InChI=1S/C15H20ClNO/c1-2-3-6-9-17-15(18)13-10-12(13)11-7-4-5-8-14(11)16/h4-5,7-8,12-13H,2-3,6,9-10H2,1H3,(H,17,18). The molecule has 1 fully saturated rings. The van der Waals surface area contributed by atoms with E-state index >= 15 is 0 Å². The van der Waals surface area contributed by atoms with Crippen LogP contribution in [0.1, 0.15) is 44.1 Å². The van der Waals surface area contributed by atoms with Gasteiger partial charge in [-0.05, 0) is 30.4 Å². The summed E-state index contributed by atoms with van der Waals surface area (Å²) in [5, 5.41) is 3.80. The van der Waals surface area contributed by atoms with Crippen LogP contribution in [0.5, 0.6) is 0 Å². The van der Waals surface area contributed by atoms with E-state index in [2.05, 4.69) is 12.2 Å². The molecule has 0 aliphatic heterocycles. The number of benzene rings is 1. The van der Waals surface area contributed by atoms with Gasteiger partial charge in [0.25, 0.3) is 0 Å². The van der Waals surface area contributed by atoms with Gasteiger partial charge in [-0.3, -0.25) is 4.79 Å². The molecule has 1 aliphatic rings. The average Bonchev–Trinajstić information content (AvgIpc) is 3.15. The van der Waals surface area contributed by atoms with Gasteiger partial charge in [-0.25, -0.2) is 0 Å². The number of carbonyl (C=O) groups is 1. The maximum atomic E-state index is 11.9. The van der Waals surface area contributed by atoms with Crippen molar-refractivity contribution in [2.24, 2.45) is 5.92 Å². The van der Waals surface area contributed by atoms with Gasteiger partial charge in [0.1, 0.15) is 0 Å². The van der Waals surface area contributed by atoms with E-state index < -0.39 is 0 Å². The van der Waals surface area contributed by atoms with Gasteiger partial charge in [-0.15, -0.1) is 0 Å². The molecule has 98 valence electrons. The highest BCUT2D eigenvalue weighted by Gasteiger charge is 2.44. The summed E-state index contributed by atoms with van der Waals surface area (Å²) in [6, 6.07) is 7.83. The predicted molar refractivity (Wildman–Crippen MR) is 74.8 cm³/mol. The molecule has 0 bridgehead atoms. The monoisotopic (exact) mass is 265 g/mol. The second kappa shape index (κ2) is 6.24. The van der Waals surface area contributed by atoms with Crippen LogP contribution in [0, 0.1) is 5.92 Å². The molecule has 0 aromatic heterocycles. The lowest BCUT2D eigenvalue weighted by Crippen LogP contribution is -2.26. The van der Waals surface area contributed by atoms with Crippen molar-refractivity contribution < 1.29 is 4.79 Å². The van der Waals surface area contributed by atoms with E-state index in [1.54, 1.807) is 0 Å². The number of rotatable bonds is 6. The SMILES string of the molecule is CCCCCNC(=O)C1CC1c1ccccc1Cl. The normalized spacial score (nSPS) is 21.7. The molecule has 0 spiro atoms. The van der Waals surface area contributed by atoms with Crippen molar-refractivity contribution in [2.45, 2.75) is 38.5 Å². The Morgan fingerprint density at radius 2 is 2.17 bits per heavy atom. The van der Waals surface area contributed by atoms with Crippen LogP contribution < -0.4 is 5.32 Å². The zero-order valence-corrected chi connectivity index (χ0v) is 11.5. The van der Waals surface area contributed by atoms with Crippen molar-refractivity contribution in [3.05, 3.63) is 34.9 Å². The van der Waals surface area contributed by atoms with Crippen LogP contribution >= 0.6 is 11.6 Å². The Bertz CT molecular complexity index is 419. The van der Waals surface area contributed by atoms with Gasteiger partial charge in [0, 0.05) is 17.5 Å². The Labute approximate surface area is 114 Å². The van der Waals surface area contributed by atoms with Gasteiger partial charge >= 0.3 is 0 Å². The molecule has 2 atom stereocenters. The molecular formula is C15H20ClNO. The molecule has 1 amide bonds. The lowest BCUT2D eigenvalue weighted by molar-refractivity contribution is -0.122. The zero-order chi connectivity index (χ0) is 13.0. The van der Waals surface area contributed by atoms with E-state index in [1.165, 1.54) is 12.8 Å². The molecule has 1 saturated carbocycles. The predicted octanol–water partition coefficient (Wildman–Crippen LogP) is 3.75. The van der Waals surface area contributed by atoms with Crippen LogP contribution in [0.25, 0.3) is 0 Å². The van der Waals surface area contributed by atoms with Gasteiger partial charge in [0.2, 0.25) is 5.91 Å². The highest BCUT2D eigenvalue weighted by atomic mass is 35.5. The van der Waals surface area contributed by atoms with Crippen molar-refractivity contribution in [2.75, 3.05) is 6.54 Å². The first-order chi connectivity index (χ1) is 8.74. The summed E-state index contributed by atoms with van der Waals surface area (Å²) in [5.74, 6) is 0.646. The first-order valence-electron chi connectivity index (χ1n) is 6.76. The smallest absolute Gasteiger partial charge is 0.223 e. The Hall–Kier alpha value is -1.02. The van der Waals surface area contributed by atoms with E-state index in [-0.39, 0.29) is 11.8 Å². The second-order valence-corrected chi connectivity index (χ2v) is 5.38. The average molecular weight is 266 g/mol. The van der Waals surface area contributed by atoms with Gasteiger partial charge in [0.15, 0.2) is 0 Å². The fourth-order valence-corrected chi connectivity index (χ4v) is 2.60. The minimum atomic E-state index is 0.131. The molecule has 18 heavy (non-hydrogen) atoms. The number of hydrogen-bond donors (Lipinski definition) is 1. The Morgan fingerprint density at radius 3 is 2.89 bits per heavy atom. The summed E-state index contributed by atoms with van der Waals surface area (Å²) >= 11 is 6.14. The van der Waals surface area contributed by atoms with Crippen LogP contribution in [-0.2, 0) is 4.79 Å². The van der Waals surface area contributed by atoms with Gasteiger partial charge in [-0.2, -0.15) is 0 Å². The highest BCUT2D eigenvalue weighted by molar-refractivity contribution is 6.31. The molecule has 1 aromatic rings. The van der Waals surface area contributed by atoms with Crippen LogP contribution in [0.3, 0.4) is 0 Å². The van der Waals surface area contributed by atoms with E-state index in [0.29, 0.717) is 5.92 Å². The maximum absolute atomic E-state index is 11.9. The number of nitrogens with one attached hydrogen (secondary N) is 1. The summed E-state index contributed by atoms with van der Waals surface area (Å²) < 4.78 is 0. The van der Waals surface area contributed by atoms with Gasteiger partial charge in [-0.1, -0.05) is 49.6 Å². The van der Waals surface area contributed by atoms with Crippen LogP contribution in [0.4, 0.5) is 0 Å². The fourth-order valence-electron chi connectivity index (χ4n) is 2.32. The number of unbranched alkanes of at least 4 members (excludes halogenated alkanes) is 2. The zero-order valence-electron chi connectivity index (χ0n) is 10.8. The number of carbonyl (C=O) groups excluding carboxylic acids is 1. The molecule has 2 unspecified atom stereocenters. The largest absolute Gasteiger partial charge is 0.356 e. The molecule has 3 heteroatoms. The van der Waals surface area contributed by atoms with E-state index in [9.17, 15) is 4.79 Å².